The van der Waals surface area contributed by atoms with Gasteiger partial charge in [-0.15, -0.1) is 0 Å². The summed E-state index contributed by atoms with van der Waals surface area (Å²) in [7, 11) is 0. The van der Waals surface area contributed by atoms with Crippen LogP contribution in [-0.2, 0) is 6.54 Å². The normalized spacial score (nSPS) is 16.7. The SMILES string of the molecule is C/C=C\C(=C/CC)c1ccc2nc(-c3cccnc3N)n(-c3ccc(CN4CCC5(CCN(c6ncnc(C#N)n6)CC5)C4)cc3)c2n1. The lowest BCUT2D eigenvalue weighted by atomic mass is 9.78. The molecule has 2 aliphatic rings. The summed E-state index contributed by atoms with van der Waals surface area (Å²) in [6, 6.07) is 18.7. The lowest BCUT2D eigenvalue weighted by Gasteiger charge is -2.39. The van der Waals surface area contributed by atoms with E-state index in [0.29, 0.717) is 23.0 Å². The van der Waals surface area contributed by atoms with Gasteiger partial charge < -0.3 is 10.6 Å². The summed E-state index contributed by atoms with van der Waals surface area (Å²) < 4.78 is 2.10. The van der Waals surface area contributed by atoms with E-state index in [4.69, 9.17) is 21.0 Å². The third-order valence-corrected chi connectivity index (χ3v) is 9.53. The Labute approximate surface area is 280 Å². The Morgan fingerprint density at radius 2 is 1.79 bits per heavy atom. The molecule has 1 aromatic carbocycles. The Balaban J connectivity index is 1.12. The summed E-state index contributed by atoms with van der Waals surface area (Å²) in [6.07, 6.45) is 13.7. The van der Waals surface area contributed by atoms with E-state index in [1.807, 2.05) is 43.3 Å². The standard InChI is InChI=1S/C37H39N11/c1-3-6-27(7-4-2)30-13-14-31-35(43-30)48(34(44-31)29-8-5-18-40-33(29)39)28-11-9-26(10-12-28)23-46-19-15-37(24-46)16-20-47(21-17-37)36-42-25-41-32(22-38)45-36/h3,5-14,18,25H,4,15-17,19-21,23-24H2,1-2H3,(H2,39,40)/b6-3-,27-7+. The smallest absolute Gasteiger partial charge is 0.236 e. The quantitative estimate of drug-likeness (QED) is 0.202. The Morgan fingerprint density at radius 3 is 2.54 bits per heavy atom. The number of likely N-dealkylation sites (tertiary alicyclic amines) is 1. The van der Waals surface area contributed by atoms with Crippen molar-refractivity contribution < 1.29 is 0 Å². The minimum Gasteiger partial charge on any atom is -0.383 e. The number of imidazole rings is 1. The van der Waals surface area contributed by atoms with Crippen molar-refractivity contribution in [3.8, 4) is 23.1 Å². The lowest BCUT2D eigenvalue weighted by molar-refractivity contribution is 0.205. The van der Waals surface area contributed by atoms with Crippen molar-refractivity contribution in [1.29, 1.82) is 5.26 Å². The van der Waals surface area contributed by atoms with Crippen molar-refractivity contribution >= 4 is 28.5 Å². The fraction of sp³-hybridized carbons (Fsp3) is 0.324. The van der Waals surface area contributed by atoms with E-state index >= 15 is 0 Å². The van der Waals surface area contributed by atoms with Crippen LogP contribution in [0.4, 0.5) is 11.8 Å². The highest BCUT2D eigenvalue weighted by Crippen LogP contribution is 2.41. The van der Waals surface area contributed by atoms with Gasteiger partial charge in [0.15, 0.2) is 11.5 Å². The molecule has 2 saturated heterocycles. The van der Waals surface area contributed by atoms with Gasteiger partial charge in [-0.3, -0.25) is 9.47 Å². The Bertz CT molecular complexity index is 2030. The molecule has 11 nitrogen and oxygen atoms in total. The Kier molecular flexibility index (Phi) is 8.65. The molecule has 4 aromatic heterocycles. The number of benzene rings is 1. The lowest BCUT2D eigenvalue weighted by Crippen LogP contribution is -2.42. The van der Waals surface area contributed by atoms with Crippen LogP contribution in [0.3, 0.4) is 0 Å². The Hall–Kier alpha value is -5.47. The van der Waals surface area contributed by atoms with E-state index in [9.17, 15) is 0 Å². The predicted molar refractivity (Wildman–Crippen MR) is 188 cm³/mol. The van der Waals surface area contributed by atoms with E-state index in [0.717, 1.165) is 85.7 Å². The van der Waals surface area contributed by atoms with Crippen LogP contribution in [0, 0.1) is 16.7 Å². The number of nitrogen functional groups attached to an aromatic ring is 1. The summed E-state index contributed by atoms with van der Waals surface area (Å²) in [5.41, 5.74) is 13.2. The van der Waals surface area contributed by atoms with Gasteiger partial charge in [0.2, 0.25) is 11.8 Å². The van der Waals surface area contributed by atoms with Crippen LogP contribution in [0.15, 0.2) is 79.3 Å². The first-order chi connectivity index (χ1) is 23.5. The van der Waals surface area contributed by atoms with Gasteiger partial charge in [-0.25, -0.2) is 24.9 Å². The molecule has 0 bridgehead atoms. The number of allylic oxidation sites excluding steroid dienone is 4. The molecule has 6 heterocycles. The van der Waals surface area contributed by atoms with Crippen molar-refractivity contribution in [2.24, 2.45) is 5.41 Å². The zero-order chi connectivity index (χ0) is 33.1. The molecule has 7 rings (SSSR count). The fourth-order valence-corrected chi connectivity index (χ4v) is 7.06. The number of fused-ring (bicyclic) bond motifs is 1. The van der Waals surface area contributed by atoms with Crippen LogP contribution in [0.5, 0.6) is 0 Å². The van der Waals surface area contributed by atoms with Crippen LogP contribution in [0.1, 0.15) is 56.6 Å². The number of rotatable bonds is 8. The van der Waals surface area contributed by atoms with Crippen molar-refractivity contribution in [2.45, 2.75) is 46.1 Å². The van der Waals surface area contributed by atoms with Crippen molar-refractivity contribution in [1.82, 2.24) is 39.4 Å². The summed E-state index contributed by atoms with van der Waals surface area (Å²) in [4.78, 5) is 31.8. The number of pyridine rings is 2. The van der Waals surface area contributed by atoms with E-state index < -0.39 is 0 Å². The molecule has 0 saturated carbocycles. The third-order valence-electron chi connectivity index (χ3n) is 9.53. The summed E-state index contributed by atoms with van der Waals surface area (Å²) >= 11 is 0. The first kappa shape index (κ1) is 31.1. The van der Waals surface area contributed by atoms with Crippen LogP contribution in [-0.4, -0.2) is 65.5 Å². The minimum atomic E-state index is 0.167. The molecule has 2 N–H and O–H groups in total. The zero-order valence-electron chi connectivity index (χ0n) is 27.4. The third kappa shape index (κ3) is 6.14. The minimum absolute atomic E-state index is 0.167. The van der Waals surface area contributed by atoms with Gasteiger partial charge in [0.25, 0.3) is 0 Å². The highest BCUT2D eigenvalue weighted by atomic mass is 15.3. The van der Waals surface area contributed by atoms with Crippen molar-refractivity contribution in [2.75, 3.05) is 36.8 Å². The van der Waals surface area contributed by atoms with Crippen LogP contribution < -0.4 is 10.6 Å². The van der Waals surface area contributed by atoms with Gasteiger partial charge in [-0.2, -0.15) is 10.2 Å². The van der Waals surface area contributed by atoms with E-state index in [1.54, 1.807) is 6.20 Å². The van der Waals surface area contributed by atoms with Crippen LogP contribution in [0.2, 0.25) is 0 Å². The first-order valence-corrected chi connectivity index (χ1v) is 16.6. The van der Waals surface area contributed by atoms with E-state index in [2.05, 4.69) is 77.6 Å². The summed E-state index contributed by atoms with van der Waals surface area (Å²) in [5.74, 6) is 1.92. The second-order valence-corrected chi connectivity index (χ2v) is 12.6. The topological polar surface area (TPSA) is 139 Å². The second-order valence-electron chi connectivity index (χ2n) is 12.6. The maximum Gasteiger partial charge on any atom is 0.236 e. The number of nitrogens with two attached hydrogens (primary N) is 1. The molecule has 0 aliphatic carbocycles. The zero-order valence-corrected chi connectivity index (χ0v) is 27.4. The van der Waals surface area contributed by atoms with E-state index in [-0.39, 0.29) is 5.82 Å². The fourth-order valence-electron chi connectivity index (χ4n) is 7.06. The van der Waals surface area contributed by atoms with Crippen LogP contribution >= 0.6 is 0 Å². The number of hydrogen-bond acceptors (Lipinski definition) is 10. The van der Waals surface area contributed by atoms with Gasteiger partial charge in [-0.1, -0.05) is 37.3 Å². The number of hydrogen-bond donors (Lipinski definition) is 1. The van der Waals surface area contributed by atoms with Gasteiger partial charge in [-0.05, 0) is 92.1 Å². The molecule has 0 amide bonds. The number of aromatic nitrogens is 7. The molecule has 1 spiro atoms. The van der Waals surface area contributed by atoms with Crippen molar-refractivity contribution in [3.63, 3.8) is 0 Å². The molecule has 0 radical (unpaired) electrons. The Morgan fingerprint density at radius 1 is 0.979 bits per heavy atom. The summed E-state index contributed by atoms with van der Waals surface area (Å²) in [5, 5.41) is 9.17. The monoisotopic (exact) mass is 637 g/mol. The molecule has 0 unspecified atom stereocenters. The first-order valence-electron chi connectivity index (χ1n) is 16.6. The number of nitrogens with zero attached hydrogens (tertiary/aromatic N) is 10. The highest BCUT2D eigenvalue weighted by molar-refractivity contribution is 5.85. The average Bonchev–Trinajstić information content (AvgIpc) is 3.69. The van der Waals surface area contributed by atoms with Gasteiger partial charge >= 0.3 is 0 Å². The molecule has 5 aromatic rings. The van der Waals surface area contributed by atoms with Gasteiger partial charge in [0.1, 0.15) is 23.7 Å². The summed E-state index contributed by atoms with van der Waals surface area (Å²) in [6.45, 7) is 8.98. The number of anilines is 2. The maximum absolute atomic E-state index is 9.17. The number of nitriles is 1. The molecule has 0 atom stereocenters. The molecule has 2 fully saturated rings. The largest absolute Gasteiger partial charge is 0.383 e. The number of piperidine rings is 1. The van der Waals surface area contributed by atoms with Gasteiger partial charge in [0.05, 0.1) is 11.3 Å². The highest BCUT2D eigenvalue weighted by Gasteiger charge is 2.41. The van der Waals surface area contributed by atoms with Crippen molar-refractivity contribution in [3.05, 3.63) is 96.4 Å². The average molecular weight is 638 g/mol. The van der Waals surface area contributed by atoms with Gasteiger partial charge in [0, 0.05) is 38.1 Å². The molecular weight excluding hydrogens is 598 g/mol. The van der Waals surface area contributed by atoms with Crippen LogP contribution in [0.25, 0.3) is 33.8 Å². The molecular formula is C37H39N11. The second kappa shape index (κ2) is 13.3. The van der Waals surface area contributed by atoms with E-state index in [1.165, 1.54) is 18.3 Å². The predicted octanol–water partition coefficient (Wildman–Crippen LogP) is 5.98. The molecule has 242 valence electrons. The molecule has 2 aliphatic heterocycles. The maximum atomic E-state index is 9.17. The molecule has 48 heavy (non-hydrogen) atoms. The molecule has 11 heteroatoms.